The van der Waals surface area contributed by atoms with Gasteiger partial charge < -0.3 is 20.2 Å². The van der Waals surface area contributed by atoms with Crippen molar-refractivity contribution in [1.29, 1.82) is 0 Å². The van der Waals surface area contributed by atoms with Crippen LogP contribution >= 0.6 is 0 Å². The van der Waals surface area contributed by atoms with Crippen LogP contribution in [-0.2, 0) is 4.79 Å². The quantitative estimate of drug-likeness (QED) is 0.814. The Morgan fingerprint density at radius 1 is 1.25 bits per heavy atom. The van der Waals surface area contributed by atoms with Crippen molar-refractivity contribution in [1.82, 2.24) is 15.1 Å². The van der Waals surface area contributed by atoms with Crippen molar-refractivity contribution >= 4 is 12.0 Å². The number of hydrogen-bond donors (Lipinski definition) is 2. The number of rotatable bonds is 4. The van der Waals surface area contributed by atoms with Crippen molar-refractivity contribution in [2.24, 2.45) is 5.41 Å². The molecule has 0 saturated carbocycles. The highest BCUT2D eigenvalue weighted by Crippen LogP contribution is 2.31. The van der Waals surface area contributed by atoms with Crippen molar-refractivity contribution in [3.63, 3.8) is 0 Å². The number of aliphatic carboxylic acids is 1. The summed E-state index contributed by atoms with van der Waals surface area (Å²) in [6.45, 7) is 8.14. The molecule has 20 heavy (non-hydrogen) atoms. The molecular formula is C14H27N3O3. The maximum atomic E-state index is 12.3. The first kappa shape index (κ1) is 16.8. The summed E-state index contributed by atoms with van der Waals surface area (Å²) in [5.74, 6) is -0.921. The number of amides is 2. The summed E-state index contributed by atoms with van der Waals surface area (Å²) in [5, 5.41) is 12.2. The second-order valence-corrected chi connectivity index (χ2v) is 6.84. The lowest BCUT2D eigenvalue weighted by molar-refractivity contribution is -0.150. The fourth-order valence-electron chi connectivity index (χ4n) is 2.12. The molecule has 1 heterocycles. The van der Waals surface area contributed by atoms with E-state index in [2.05, 4.69) is 10.2 Å². The maximum Gasteiger partial charge on any atom is 0.317 e. The van der Waals surface area contributed by atoms with Gasteiger partial charge in [-0.2, -0.15) is 0 Å². The van der Waals surface area contributed by atoms with Crippen molar-refractivity contribution in [3.8, 4) is 0 Å². The first-order valence-corrected chi connectivity index (χ1v) is 6.96. The van der Waals surface area contributed by atoms with E-state index in [0.717, 1.165) is 6.42 Å². The third kappa shape index (κ3) is 3.23. The molecule has 0 aliphatic carbocycles. The van der Waals surface area contributed by atoms with Gasteiger partial charge in [-0.15, -0.1) is 0 Å². The molecule has 1 fully saturated rings. The number of carboxylic acids is 1. The molecule has 1 aliphatic rings. The Balaban J connectivity index is 2.69. The zero-order valence-electron chi connectivity index (χ0n) is 13.4. The van der Waals surface area contributed by atoms with Gasteiger partial charge in [-0.3, -0.25) is 4.79 Å². The summed E-state index contributed by atoms with van der Waals surface area (Å²) >= 11 is 0. The van der Waals surface area contributed by atoms with Gasteiger partial charge in [0.1, 0.15) is 0 Å². The van der Waals surface area contributed by atoms with E-state index in [1.165, 1.54) is 0 Å². The summed E-state index contributed by atoms with van der Waals surface area (Å²) in [4.78, 5) is 27.5. The van der Waals surface area contributed by atoms with Crippen LogP contribution in [0, 0.1) is 5.41 Å². The number of nitrogens with zero attached hydrogens (tertiary/aromatic N) is 2. The van der Waals surface area contributed by atoms with Crippen LogP contribution in [0.25, 0.3) is 0 Å². The molecule has 0 radical (unpaired) electrons. The van der Waals surface area contributed by atoms with Crippen LogP contribution in [0.5, 0.6) is 0 Å². The minimum absolute atomic E-state index is 0.186. The zero-order valence-corrected chi connectivity index (χ0v) is 13.4. The van der Waals surface area contributed by atoms with E-state index in [9.17, 15) is 14.7 Å². The number of carbonyl (C=O) groups excluding carboxylic acids is 1. The Labute approximate surface area is 121 Å². The molecule has 2 amide bonds. The predicted octanol–water partition coefficient (Wildman–Crippen LogP) is 1.22. The summed E-state index contributed by atoms with van der Waals surface area (Å²) in [7, 11) is 4.01. The van der Waals surface area contributed by atoms with Crippen LogP contribution in [-0.4, -0.2) is 65.7 Å². The molecule has 1 unspecified atom stereocenters. The van der Waals surface area contributed by atoms with Crippen LogP contribution in [0.3, 0.4) is 0 Å². The Bertz CT molecular complexity index is 391. The Morgan fingerprint density at radius 3 is 2.20 bits per heavy atom. The summed E-state index contributed by atoms with van der Waals surface area (Å²) in [5.41, 5.74) is -1.87. The Morgan fingerprint density at radius 2 is 1.80 bits per heavy atom. The first-order chi connectivity index (χ1) is 8.99. The molecule has 6 nitrogen and oxygen atoms in total. The van der Waals surface area contributed by atoms with Gasteiger partial charge in [0.25, 0.3) is 0 Å². The van der Waals surface area contributed by atoms with Crippen LogP contribution in [0.15, 0.2) is 0 Å². The topological polar surface area (TPSA) is 72.9 Å². The maximum absolute atomic E-state index is 12.3. The molecule has 0 aromatic heterocycles. The van der Waals surface area contributed by atoms with Gasteiger partial charge in [-0.1, -0.05) is 0 Å². The third-order valence-electron chi connectivity index (χ3n) is 4.70. The number of likely N-dealkylation sites (tertiary alicyclic amines) is 1. The van der Waals surface area contributed by atoms with Crippen LogP contribution in [0.2, 0.25) is 0 Å². The van der Waals surface area contributed by atoms with Gasteiger partial charge in [-0.25, -0.2) is 4.79 Å². The van der Waals surface area contributed by atoms with Crippen molar-refractivity contribution in [2.75, 3.05) is 27.2 Å². The van der Waals surface area contributed by atoms with Crippen molar-refractivity contribution in [3.05, 3.63) is 0 Å². The number of nitrogens with one attached hydrogen (secondary N) is 1. The average molecular weight is 285 g/mol. The van der Waals surface area contributed by atoms with Gasteiger partial charge >= 0.3 is 12.0 Å². The number of urea groups is 1. The van der Waals surface area contributed by atoms with E-state index >= 15 is 0 Å². The normalized spacial score (nSPS) is 20.4. The van der Waals surface area contributed by atoms with E-state index in [1.54, 1.807) is 32.6 Å². The van der Waals surface area contributed by atoms with Crippen molar-refractivity contribution in [2.45, 2.75) is 45.7 Å². The lowest BCUT2D eigenvalue weighted by Gasteiger charge is -2.39. The molecule has 0 aromatic carbocycles. The van der Waals surface area contributed by atoms with Crippen LogP contribution in [0.4, 0.5) is 4.79 Å². The highest BCUT2D eigenvalue weighted by molar-refractivity contribution is 5.80. The van der Waals surface area contributed by atoms with E-state index < -0.39 is 16.9 Å². The minimum atomic E-state index is -1.04. The fraction of sp³-hybridized carbons (Fsp3) is 0.857. The van der Waals surface area contributed by atoms with Crippen LogP contribution < -0.4 is 5.32 Å². The molecule has 1 rings (SSSR count). The number of carbonyl (C=O) groups is 2. The fourth-order valence-corrected chi connectivity index (χ4v) is 2.12. The molecule has 6 heteroatoms. The molecule has 0 aromatic rings. The smallest absolute Gasteiger partial charge is 0.317 e. The number of carboxylic acid groups (broad SMARTS) is 1. The lowest BCUT2D eigenvalue weighted by atomic mass is 9.74. The molecule has 0 bridgehead atoms. The third-order valence-corrected chi connectivity index (χ3v) is 4.70. The number of hydrogen-bond acceptors (Lipinski definition) is 3. The molecule has 2 N–H and O–H groups in total. The molecular weight excluding hydrogens is 258 g/mol. The largest absolute Gasteiger partial charge is 0.481 e. The second kappa shape index (κ2) is 5.60. The summed E-state index contributed by atoms with van der Waals surface area (Å²) in [6.07, 6.45) is 0.948. The summed E-state index contributed by atoms with van der Waals surface area (Å²) < 4.78 is 0. The van der Waals surface area contributed by atoms with E-state index in [4.69, 9.17) is 0 Å². The van der Waals surface area contributed by atoms with Crippen LogP contribution in [0.1, 0.15) is 34.1 Å². The van der Waals surface area contributed by atoms with E-state index in [1.807, 2.05) is 14.1 Å². The molecule has 0 spiro atoms. The van der Waals surface area contributed by atoms with Gasteiger partial charge in [-0.05, 0) is 48.2 Å². The predicted molar refractivity (Wildman–Crippen MR) is 77.7 cm³/mol. The SMILES string of the molecule is CN(C)C1CCN(C(=O)NC(C)(C)C(C)(C)C(=O)O)C1. The van der Waals surface area contributed by atoms with Gasteiger partial charge in [0, 0.05) is 19.1 Å². The lowest BCUT2D eigenvalue weighted by Crippen LogP contribution is -2.59. The van der Waals surface area contributed by atoms with Gasteiger partial charge in [0.05, 0.1) is 11.0 Å². The van der Waals surface area contributed by atoms with Crippen molar-refractivity contribution < 1.29 is 14.7 Å². The average Bonchev–Trinajstić information content (AvgIpc) is 2.77. The van der Waals surface area contributed by atoms with E-state index in [-0.39, 0.29) is 6.03 Å². The highest BCUT2D eigenvalue weighted by atomic mass is 16.4. The van der Waals surface area contributed by atoms with Gasteiger partial charge in [0.15, 0.2) is 0 Å². The zero-order chi connectivity index (χ0) is 15.7. The Hall–Kier alpha value is -1.30. The molecule has 116 valence electrons. The molecule has 1 saturated heterocycles. The molecule has 1 aliphatic heterocycles. The Kier molecular flexibility index (Phi) is 4.69. The number of likely N-dealkylation sites (N-methyl/N-ethyl adjacent to an activating group) is 1. The first-order valence-electron chi connectivity index (χ1n) is 6.96. The standard InChI is InChI=1S/C14H27N3O3/c1-13(2,11(18)19)14(3,4)15-12(20)17-8-7-10(9-17)16(5)6/h10H,7-9H2,1-6H3,(H,15,20)(H,18,19). The summed E-state index contributed by atoms with van der Waals surface area (Å²) in [6, 6.07) is 0.185. The van der Waals surface area contributed by atoms with Gasteiger partial charge in [0.2, 0.25) is 0 Å². The minimum Gasteiger partial charge on any atom is -0.481 e. The van der Waals surface area contributed by atoms with E-state index in [0.29, 0.717) is 19.1 Å². The second-order valence-electron chi connectivity index (χ2n) is 6.84. The highest BCUT2D eigenvalue weighted by Gasteiger charge is 2.45. The monoisotopic (exact) mass is 285 g/mol. The molecule has 1 atom stereocenters.